The molecule has 0 amide bonds. The predicted molar refractivity (Wildman–Crippen MR) is 46.9 cm³/mol. The van der Waals surface area contributed by atoms with E-state index in [4.69, 9.17) is 5.53 Å². The van der Waals surface area contributed by atoms with E-state index < -0.39 is 12.2 Å². The molecule has 0 radical (unpaired) electrons. The highest BCUT2D eigenvalue weighted by Crippen LogP contribution is 2.35. The maximum Gasteiger partial charge on any atom is 0.134 e. The lowest BCUT2D eigenvalue weighted by Crippen LogP contribution is -2.05. The molecule has 0 spiro atoms. The van der Waals surface area contributed by atoms with Crippen LogP contribution in [0.4, 0.5) is 4.39 Å². The van der Waals surface area contributed by atoms with E-state index in [0.717, 1.165) is 5.56 Å². The van der Waals surface area contributed by atoms with Crippen LogP contribution in [0.3, 0.4) is 0 Å². The number of benzene rings is 1. The minimum atomic E-state index is -1.13. The van der Waals surface area contributed by atoms with E-state index >= 15 is 0 Å². The molecule has 4 heteroatoms. The molecule has 2 rings (SSSR count). The molecule has 0 unspecified atom stereocenters. The van der Waals surface area contributed by atoms with Crippen LogP contribution in [0.1, 0.15) is 17.3 Å². The van der Waals surface area contributed by atoms with E-state index in [1.807, 2.05) is 12.1 Å². The van der Waals surface area contributed by atoms with Gasteiger partial charge in [-0.1, -0.05) is 29.4 Å². The van der Waals surface area contributed by atoms with Gasteiger partial charge in [-0.05, 0) is 23.1 Å². The van der Waals surface area contributed by atoms with Crippen molar-refractivity contribution in [3.05, 3.63) is 45.8 Å². The van der Waals surface area contributed by atoms with Crippen LogP contribution in [-0.4, -0.2) is 6.04 Å². The molecule has 13 heavy (non-hydrogen) atoms. The van der Waals surface area contributed by atoms with E-state index in [1.54, 1.807) is 12.1 Å². The van der Waals surface area contributed by atoms with Gasteiger partial charge in [0.15, 0.2) is 0 Å². The van der Waals surface area contributed by atoms with Crippen LogP contribution in [0.5, 0.6) is 0 Å². The molecule has 0 heterocycles. The topological polar surface area (TPSA) is 48.8 Å². The van der Waals surface area contributed by atoms with Gasteiger partial charge in [0.1, 0.15) is 6.17 Å². The molecule has 0 bridgehead atoms. The minimum Gasteiger partial charge on any atom is -0.242 e. The largest absolute Gasteiger partial charge is 0.242 e. The van der Waals surface area contributed by atoms with Crippen LogP contribution >= 0.6 is 0 Å². The van der Waals surface area contributed by atoms with E-state index in [-0.39, 0.29) is 0 Å². The average molecular weight is 177 g/mol. The van der Waals surface area contributed by atoms with E-state index in [2.05, 4.69) is 10.0 Å². The molecule has 0 N–H and O–H groups in total. The van der Waals surface area contributed by atoms with Gasteiger partial charge in [0.25, 0.3) is 0 Å². The Labute approximate surface area is 74.8 Å². The van der Waals surface area contributed by atoms with E-state index in [9.17, 15) is 4.39 Å². The maximum atomic E-state index is 13.5. The Morgan fingerprint density at radius 3 is 2.92 bits per heavy atom. The SMILES string of the molecule is [N-]=[N+]=N[C@H]1Cc2ccccc2[C@H]1F. The molecule has 0 saturated carbocycles. The van der Waals surface area contributed by atoms with Gasteiger partial charge < -0.3 is 0 Å². The summed E-state index contributed by atoms with van der Waals surface area (Å²) < 4.78 is 13.5. The Hall–Kier alpha value is -1.54. The number of hydrogen-bond donors (Lipinski definition) is 0. The lowest BCUT2D eigenvalue weighted by atomic mass is 10.1. The van der Waals surface area contributed by atoms with Crippen molar-refractivity contribution in [2.24, 2.45) is 5.11 Å². The third kappa shape index (κ3) is 1.25. The summed E-state index contributed by atoms with van der Waals surface area (Å²) in [5, 5.41) is 3.42. The molecule has 2 atom stereocenters. The average Bonchev–Trinajstić information content (AvgIpc) is 2.46. The summed E-state index contributed by atoms with van der Waals surface area (Å²) in [4.78, 5) is 2.64. The Morgan fingerprint density at radius 1 is 1.46 bits per heavy atom. The van der Waals surface area contributed by atoms with Crippen molar-refractivity contribution in [2.45, 2.75) is 18.6 Å². The van der Waals surface area contributed by atoms with Crippen molar-refractivity contribution in [3.8, 4) is 0 Å². The van der Waals surface area contributed by atoms with E-state index in [1.165, 1.54) is 0 Å². The molecule has 66 valence electrons. The summed E-state index contributed by atoms with van der Waals surface area (Å²) in [7, 11) is 0. The number of hydrogen-bond acceptors (Lipinski definition) is 1. The lowest BCUT2D eigenvalue weighted by molar-refractivity contribution is 0.308. The summed E-state index contributed by atoms with van der Waals surface area (Å²) in [5.41, 5.74) is 9.83. The zero-order valence-corrected chi connectivity index (χ0v) is 6.89. The third-order valence-electron chi connectivity index (χ3n) is 2.32. The molecule has 3 nitrogen and oxygen atoms in total. The molecule has 1 aliphatic carbocycles. The van der Waals surface area contributed by atoms with Crippen LogP contribution in [0, 0.1) is 0 Å². The van der Waals surface area contributed by atoms with Crippen LogP contribution in [0.25, 0.3) is 10.4 Å². The zero-order chi connectivity index (χ0) is 9.26. The standard InChI is InChI=1S/C9H8FN3/c10-9-7-4-2-1-3-6(7)5-8(9)12-13-11/h1-4,8-9H,5H2/t8-,9+/m0/s1. The van der Waals surface area contributed by atoms with Crippen LogP contribution in [-0.2, 0) is 6.42 Å². The summed E-state index contributed by atoms with van der Waals surface area (Å²) in [6, 6.07) is 6.72. The smallest absolute Gasteiger partial charge is 0.134 e. The minimum absolute atomic E-state index is 0.515. The number of fused-ring (bicyclic) bond motifs is 1. The third-order valence-corrected chi connectivity index (χ3v) is 2.32. The molecular formula is C9H8FN3. The molecular weight excluding hydrogens is 169 g/mol. The first-order valence-corrected chi connectivity index (χ1v) is 4.09. The fourth-order valence-electron chi connectivity index (χ4n) is 1.69. The Balaban J connectivity index is 2.37. The first kappa shape index (κ1) is 8.08. The van der Waals surface area contributed by atoms with Crippen LogP contribution in [0.2, 0.25) is 0 Å². The number of rotatable bonds is 1. The summed E-state index contributed by atoms with van der Waals surface area (Å²) >= 11 is 0. The summed E-state index contributed by atoms with van der Waals surface area (Å²) in [6.07, 6.45) is -0.617. The second kappa shape index (κ2) is 3.07. The van der Waals surface area contributed by atoms with Gasteiger partial charge in [-0.25, -0.2) is 4.39 Å². The van der Waals surface area contributed by atoms with Crippen LogP contribution in [0.15, 0.2) is 29.4 Å². The second-order valence-corrected chi connectivity index (χ2v) is 3.08. The second-order valence-electron chi connectivity index (χ2n) is 3.08. The van der Waals surface area contributed by atoms with Gasteiger partial charge >= 0.3 is 0 Å². The van der Waals surface area contributed by atoms with Gasteiger partial charge in [0, 0.05) is 4.91 Å². The van der Waals surface area contributed by atoms with Gasteiger partial charge in [-0.3, -0.25) is 0 Å². The summed E-state index contributed by atoms with van der Waals surface area (Å²) in [6.45, 7) is 0. The monoisotopic (exact) mass is 177 g/mol. The Bertz CT molecular complexity index is 371. The van der Waals surface area contributed by atoms with Crippen molar-refractivity contribution in [1.82, 2.24) is 0 Å². The quantitative estimate of drug-likeness (QED) is 0.360. The first-order chi connectivity index (χ1) is 6.33. The first-order valence-electron chi connectivity index (χ1n) is 4.09. The normalized spacial score (nSPS) is 25.0. The maximum absolute atomic E-state index is 13.5. The number of alkyl halides is 1. The Kier molecular flexibility index (Phi) is 1.91. The summed E-state index contributed by atoms with van der Waals surface area (Å²) in [5.74, 6) is 0. The molecule has 1 aromatic rings. The van der Waals surface area contributed by atoms with Crippen LogP contribution < -0.4 is 0 Å². The van der Waals surface area contributed by atoms with Crippen molar-refractivity contribution in [3.63, 3.8) is 0 Å². The zero-order valence-electron chi connectivity index (χ0n) is 6.89. The van der Waals surface area contributed by atoms with Crippen molar-refractivity contribution < 1.29 is 4.39 Å². The number of nitrogens with zero attached hydrogens (tertiary/aromatic N) is 3. The van der Waals surface area contributed by atoms with Crippen molar-refractivity contribution in [1.29, 1.82) is 0 Å². The highest BCUT2D eigenvalue weighted by Gasteiger charge is 2.31. The van der Waals surface area contributed by atoms with Gasteiger partial charge in [-0.2, -0.15) is 0 Å². The highest BCUT2D eigenvalue weighted by molar-refractivity contribution is 5.35. The van der Waals surface area contributed by atoms with E-state index in [0.29, 0.717) is 12.0 Å². The van der Waals surface area contributed by atoms with Gasteiger partial charge in [0.2, 0.25) is 0 Å². The molecule has 0 aromatic heterocycles. The fourth-order valence-corrected chi connectivity index (χ4v) is 1.69. The lowest BCUT2D eigenvalue weighted by Gasteiger charge is -2.04. The van der Waals surface area contributed by atoms with Crippen molar-refractivity contribution >= 4 is 0 Å². The molecule has 0 aliphatic heterocycles. The predicted octanol–water partition coefficient (Wildman–Crippen LogP) is 2.93. The molecule has 0 saturated heterocycles. The Morgan fingerprint density at radius 2 is 2.23 bits per heavy atom. The fraction of sp³-hybridized carbons (Fsp3) is 0.333. The highest BCUT2D eigenvalue weighted by atomic mass is 19.1. The van der Waals surface area contributed by atoms with Crippen molar-refractivity contribution in [2.75, 3.05) is 0 Å². The number of halogens is 1. The molecule has 0 fully saturated rings. The molecule has 1 aromatic carbocycles. The number of azide groups is 1. The van der Waals surface area contributed by atoms with Gasteiger partial charge in [0.05, 0.1) is 6.04 Å². The van der Waals surface area contributed by atoms with Gasteiger partial charge in [-0.15, -0.1) is 0 Å². The molecule has 1 aliphatic rings.